The molecule has 17 heavy (non-hydrogen) atoms. The number of pyridine rings is 1. The third-order valence-electron chi connectivity index (χ3n) is 2.28. The summed E-state index contributed by atoms with van der Waals surface area (Å²) in [5.41, 5.74) is 5.91. The molecule has 1 atom stereocenters. The van der Waals surface area contributed by atoms with E-state index in [1.807, 2.05) is 6.92 Å². The fourth-order valence-electron chi connectivity index (χ4n) is 1.36. The van der Waals surface area contributed by atoms with Crippen molar-refractivity contribution >= 4 is 17.5 Å². The summed E-state index contributed by atoms with van der Waals surface area (Å²) in [5.74, 6) is -0.721. The van der Waals surface area contributed by atoms with Crippen LogP contribution in [0.4, 0.5) is 11.5 Å². The average molecular weight is 239 g/mol. The normalized spacial score (nSPS) is 12.1. The number of aromatic carboxylic acids is 1. The monoisotopic (exact) mass is 239 g/mol. The molecule has 1 unspecified atom stereocenters. The number of nitrogens with zero attached hydrogens (tertiary/aromatic N) is 1. The molecule has 1 rings (SSSR count). The summed E-state index contributed by atoms with van der Waals surface area (Å²) in [4.78, 5) is 15.0. The summed E-state index contributed by atoms with van der Waals surface area (Å²) in [6, 6.07) is 1.46. The van der Waals surface area contributed by atoms with Gasteiger partial charge in [0.15, 0.2) is 0 Å². The second kappa shape index (κ2) is 6.05. The highest BCUT2D eigenvalue weighted by molar-refractivity contribution is 5.94. The fourth-order valence-corrected chi connectivity index (χ4v) is 1.36. The van der Waals surface area contributed by atoms with Crippen molar-refractivity contribution in [2.24, 2.45) is 0 Å². The van der Waals surface area contributed by atoms with Gasteiger partial charge in [0.25, 0.3) is 0 Å². The zero-order valence-corrected chi connectivity index (χ0v) is 9.93. The zero-order valence-electron chi connectivity index (χ0n) is 9.93. The number of methoxy groups -OCH3 is 1. The first-order chi connectivity index (χ1) is 8.04. The van der Waals surface area contributed by atoms with Crippen LogP contribution in [-0.2, 0) is 4.74 Å². The average Bonchev–Trinajstić information content (AvgIpc) is 2.28. The molecule has 0 aliphatic carbocycles. The summed E-state index contributed by atoms with van der Waals surface area (Å²) in [5, 5.41) is 12.0. The molecular formula is C11H17N3O3. The maximum absolute atomic E-state index is 11.0. The van der Waals surface area contributed by atoms with E-state index in [0.29, 0.717) is 18.1 Å². The minimum Gasteiger partial charge on any atom is -0.478 e. The van der Waals surface area contributed by atoms with Crippen molar-refractivity contribution in [2.45, 2.75) is 19.4 Å². The number of aromatic nitrogens is 1. The SMILES string of the molecule is COCCC(C)Nc1ncc(N)cc1C(=O)O. The lowest BCUT2D eigenvalue weighted by Gasteiger charge is -2.15. The van der Waals surface area contributed by atoms with Crippen molar-refractivity contribution in [3.8, 4) is 0 Å². The van der Waals surface area contributed by atoms with E-state index in [9.17, 15) is 4.79 Å². The van der Waals surface area contributed by atoms with E-state index in [1.165, 1.54) is 12.3 Å². The van der Waals surface area contributed by atoms with Crippen LogP contribution in [0.1, 0.15) is 23.7 Å². The van der Waals surface area contributed by atoms with Gasteiger partial charge in [0, 0.05) is 19.8 Å². The smallest absolute Gasteiger partial charge is 0.339 e. The summed E-state index contributed by atoms with van der Waals surface area (Å²) >= 11 is 0. The number of anilines is 2. The molecule has 0 aliphatic heterocycles. The molecule has 0 amide bonds. The third-order valence-corrected chi connectivity index (χ3v) is 2.28. The fraction of sp³-hybridized carbons (Fsp3) is 0.455. The number of ether oxygens (including phenoxy) is 1. The lowest BCUT2D eigenvalue weighted by Crippen LogP contribution is -2.20. The van der Waals surface area contributed by atoms with Crippen LogP contribution in [0.15, 0.2) is 12.3 Å². The second-order valence-electron chi connectivity index (χ2n) is 3.80. The second-order valence-corrected chi connectivity index (χ2v) is 3.80. The molecule has 6 heteroatoms. The Balaban J connectivity index is 2.79. The van der Waals surface area contributed by atoms with Gasteiger partial charge in [-0.2, -0.15) is 0 Å². The summed E-state index contributed by atoms with van der Waals surface area (Å²) in [6.45, 7) is 2.54. The van der Waals surface area contributed by atoms with Crippen molar-refractivity contribution < 1.29 is 14.6 Å². The van der Waals surface area contributed by atoms with Gasteiger partial charge in [0.1, 0.15) is 11.4 Å². The predicted octanol–water partition coefficient (Wildman–Crippen LogP) is 1.20. The van der Waals surface area contributed by atoms with Gasteiger partial charge in [-0.15, -0.1) is 0 Å². The van der Waals surface area contributed by atoms with Crippen LogP contribution in [0.2, 0.25) is 0 Å². The van der Waals surface area contributed by atoms with Gasteiger partial charge in [-0.1, -0.05) is 0 Å². The quantitative estimate of drug-likeness (QED) is 0.690. The number of carboxylic acid groups (broad SMARTS) is 1. The lowest BCUT2D eigenvalue weighted by atomic mass is 10.2. The van der Waals surface area contributed by atoms with Gasteiger partial charge in [-0.3, -0.25) is 0 Å². The maximum Gasteiger partial charge on any atom is 0.339 e. The molecular weight excluding hydrogens is 222 g/mol. The Hall–Kier alpha value is -1.82. The first kappa shape index (κ1) is 13.2. The standard InChI is InChI=1S/C11H17N3O3/c1-7(3-4-17-2)14-10-9(11(15)16)5-8(12)6-13-10/h5-7H,3-4,12H2,1-2H3,(H,13,14)(H,15,16). The molecule has 6 nitrogen and oxygen atoms in total. The van der Waals surface area contributed by atoms with Crippen molar-refractivity contribution in [1.82, 2.24) is 4.98 Å². The number of carboxylic acids is 1. The van der Waals surface area contributed by atoms with Crippen LogP contribution in [0.25, 0.3) is 0 Å². The van der Waals surface area contributed by atoms with Crippen LogP contribution in [0.5, 0.6) is 0 Å². The summed E-state index contributed by atoms with van der Waals surface area (Å²) < 4.78 is 4.95. The molecule has 1 heterocycles. The molecule has 0 saturated heterocycles. The first-order valence-corrected chi connectivity index (χ1v) is 5.29. The number of hydrogen-bond acceptors (Lipinski definition) is 5. The lowest BCUT2D eigenvalue weighted by molar-refractivity contribution is 0.0697. The van der Waals surface area contributed by atoms with Crippen molar-refractivity contribution in [2.75, 3.05) is 24.8 Å². The van der Waals surface area contributed by atoms with Gasteiger partial charge in [-0.25, -0.2) is 9.78 Å². The van der Waals surface area contributed by atoms with Crippen molar-refractivity contribution in [3.05, 3.63) is 17.8 Å². The minimum absolute atomic E-state index is 0.0733. The molecule has 0 aromatic carbocycles. The molecule has 0 aliphatic rings. The molecule has 4 N–H and O–H groups in total. The molecule has 0 saturated carbocycles. The van der Waals surface area contributed by atoms with Gasteiger partial charge in [-0.05, 0) is 19.4 Å². The maximum atomic E-state index is 11.0. The minimum atomic E-state index is -1.05. The van der Waals surface area contributed by atoms with Crippen LogP contribution < -0.4 is 11.1 Å². The van der Waals surface area contributed by atoms with Crippen molar-refractivity contribution in [3.63, 3.8) is 0 Å². The number of carbonyl (C=O) groups is 1. The van der Waals surface area contributed by atoms with Gasteiger partial charge in [0.2, 0.25) is 0 Å². The van der Waals surface area contributed by atoms with E-state index in [1.54, 1.807) is 7.11 Å². The van der Waals surface area contributed by atoms with Crippen LogP contribution in [0, 0.1) is 0 Å². The zero-order chi connectivity index (χ0) is 12.8. The van der Waals surface area contributed by atoms with Crippen LogP contribution in [-0.4, -0.2) is 35.8 Å². The highest BCUT2D eigenvalue weighted by atomic mass is 16.5. The van der Waals surface area contributed by atoms with E-state index in [2.05, 4.69) is 10.3 Å². The Bertz CT molecular complexity index is 396. The number of rotatable bonds is 6. The van der Waals surface area contributed by atoms with Gasteiger partial charge in [0.05, 0.1) is 11.9 Å². The van der Waals surface area contributed by atoms with E-state index in [4.69, 9.17) is 15.6 Å². The summed E-state index contributed by atoms with van der Waals surface area (Å²) in [7, 11) is 1.62. The molecule has 0 bridgehead atoms. The van der Waals surface area contributed by atoms with E-state index in [0.717, 1.165) is 6.42 Å². The number of nitrogens with one attached hydrogen (secondary N) is 1. The number of nitrogen functional groups attached to an aromatic ring is 1. The molecule has 0 fully saturated rings. The highest BCUT2D eigenvalue weighted by Gasteiger charge is 2.13. The molecule has 94 valence electrons. The highest BCUT2D eigenvalue weighted by Crippen LogP contribution is 2.16. The van der Waals surface area contributed by atoms with Gasteiger partial charge >= 0.3 is 5.97 Å². The Labute approximate surface area is 99.8 Å². The topological polar surface area (TPSA) is 97.5 Å². The molecule has 1 aromatic heterocycles. The predicted molar refractivity (Wildman–Crippen MR) is 65.2 cm³/mol. The van der Waals surface area contributed by atoms with Gasteiger partial charge < -0.3 is 20.9 Å². The van der Waals surface area contributed by atoms with E-state index >= 15 is 0 Å². The van der Waals surface area contributed by atoms with E-state index in [-0.39, 0.29) is 11.6 Å². The van der Waals surface area contributed by atoms with Crippen LogP contribution >= 0.6 is 0 Å². The molecule has 0 spiro atoms. The molecule has 0 radical (unpaired) electrons. The third kappa shape index (κ3) is 3.92. The Kier molecular flexibility index (Phi) is 4.71. The largest absolute Gasteiger partial charge is 0.478 e. The Morgan fingerprint density at radius 1 is 1.71 bits per heavy atom. The van der Waals surface area contributed by atoms with E-state index < -0.39 is 5.97 Å². The van der Waals surface area contributed by atoms with Crippen molar-refractivity contribution in [1.29, 1.82) is 0 Å². The Morgan fingerprint density at radius 2 is 2.41 bits per heavy atom. The first-order valence-electron chi connectivity index (χ1n) is 5.29. The number of nitrogens with two attached hydrogens (primary N) is 1. The molecule has 1 aromatic rings. The Morgan fingerprint density at radius 3 is 3.00 bits per heavy atom. The van der Waals surface area contributed by atoms with Crippen LogP contribution in [0.3, 0.4) is 0 Å². The summed E-state index contributed by atoms with van der Waals surface area (Å²) in [6.07, 6.45) is 2.19. The number of hydrogen-bond donors (Lipinski definition) is 3.